The van der Waals surface area contributed by atoms with Gasteiger partial charge in [0, 0.05) is 23.4 Å². The number of carbonyl (C=O) groups is 1. The molecule has 5 heteroatoms. The smallest absolute Gasteiger partial charge is 0.257 e. The summed E-state index contributed by atoms with van der Waals surface area (Å²) in [5.74, 6) is -0.706. The maximum atomic E-state index is 13.5. The second-order valence-corrected chi connectivity index (χ2v) is 4.79. The monoisotopic (exact) mass is 292 g/mol. The van der Waals surface area contributed by atoms with Gasteiger partial charge in [0.2, 0.25) is 0 Å². The standard InChI is InChI=1S/C15H14ClFN2O/c1-9-3-5-11(8-13(9)17)19-15(20)12-7-10(16)4-6-14(12)18-2/h3-8,18H,1-2H3,(H,19,20). The topological polar surface area (TPSA) is 41.1 Å². The lowest BCUT2D eigenvalue weighted by atomic mass is 10.1. The Morgan fingerprint density at radius 1 is 1.20 bits per heavy atom. The van der Waals surface area contributed by atoms with Gasteiger partial charge in [-0.2, -0.15) is 0 Å². The van der Waals surface area contributed by atoms with Crippen molar-refractivity contribution in [2.75, 3.05) is 17.7 Å². The van der Waals surface area contributed by atoms with Crippen molar-refractivity contribution in [3.8, 4) is 0 Å². The van der Waals surface area contributed by atoms with E-state index < -0.39 is 0 Å². The van der Waals surface area contributed by atoms with Gasteiger partial charge in [0.1, 0.15) is 5.82 Å². The second-order valence-electron chi connectivity index (χ2n) is 4.36. The molecule has 20 heavy (non-hydrogen) atoms. The third kappa shape index (κ3) is 3.08. The summed E-state index contributed by atoms with van der Waals surface area (Å²) in [5, 5.41) is 6.03. The minimum Gasteiger partial charge on any atom is -0.387 e. The molecule has 0 aliphatic rings. The van der Waals surface area contributed by atoms with E-state index in [4.69, 9.17) is 11.6 Å². The molecule has 0 aromatic heterocycles. The average molecular weight is 293 g/mol. The van der Waals surface area contributed by atoms with Crippen molar-refractivity contribution in [2.45, 2.75) is 6.92 Å². The minimum absolute atomic E-state index is 0.347. The van der Waals surface area contributed by atoms with Crippen LogP contribution in [0.3, 0.4) is 0 Å². The normalized spacial score (nSPS) is 10.2. The quantitative estimate of drug-likeness (QED) is 0.895. The van der Waals surface area contributed by atoms with E-state index in [1.54, 1.807) is 44.3 Å². The highest BCUT2D eigenvalue weighted by Crippen LogP contribution is 2.22. The molecule has 0 bridgehead atoms. The Balaban J connectivity index is 2.27. The van der Waals surface area contributed by atoms with Crippen LogP contribution < -0.4 is 10.6 Å². The molecule has 0 atom stereocenters. The Kier molecular flexibility index (Phi) is 4.25. The van der Waals surface area contributed by atoms with Crippen LogP contribution in [0.2, 0.25) is 5.02 Å². The molecule has 0 fully saturated rings. The number of nitrogens with one attached hydrogen (secondary N) is 2. The van der Waals surface area contributed by atoms with Crippen molar-refractivity contribution < 1.29 is 9.18 Å². The van der Waals surface area contributed by atoms with Gasteiger partial charge in [0.05, 0.1) is 5.56 Å². The van der Waals surface area contributed by atoms with Crippen LogP contribution in [0, 0.1) is 12.7 Å². The van der Waals surface area contributed by atoms with Gasteiger partial charge in [0.15, 0.2) is 0 Å². The molecule has 0 heterocycles. The Hall–Kier alpha value is -2.07. The average Bonchev–Trinajstić information content (AvgIpc) is 2.43. The number of aryl methyl sites for hydroxylation is 1. The highest BCUT2D eigenvalue weighted by atomic mass is 35.5. The zero-order valence-corrected chi connectivity index (χ0v) is 11.9. The van der Waals surface area contributed by atoms with Crippen LogP contribution in [0.1, 0.15) is 15.9 Å². The first kappa shape index (κ1) is 14.3. The number of hydrogen-bond acceptors (Lipinski definition) is 2. The second kappa shape index (κ2) is 5.92. The Morgan fingerprint density at radius 2 is 1.95 bits per heavy atom. The fourth-order valence-electron chi connectivity index (χ4n) is 1.79. The van der Waals surface area contributed by atoms with E-state index in [2.05, 4.69) is 10.6 Å². The van der Waals surface area contributed by atoms with Gasteiger partial charge in [-0.3, -0.25) is 4.79 Å². The van der Waals surface area contributed by atoms with Gasteiger partial charge in [-0.05, 0) is 42.8 Å². The van der Waals surface area contributed by atoms with Gasteiger partial charge in [-0.25, -0.2) is 4.39 Å². The highest BCUT2D eigenvalue weighted by Gasteiger charge is 2.12. The van der Waals surface area contributed by atoms with Crippen molar-refractivity contribution >= 4 is 28.9 Å². The molecule has 2 N–H and O–H groups in total. The van der Waals surface area contributed by atoms with Crippen molar-refractivity contribution in [1.82, 2.24) is 0 Å². The molecular weight excluding hydrogens is 279 g/mol. The molecule has 0 unspecified atom stereocenters. The summed E-state index contributed by atoms with van der Waals surface area (Å²) in [7, 11) is 1.71. The van der Waals surface area contributed by atoms with Crippen LogP contribution in [-0.4, -0.2) is 13.0 Å². The fraction of sp³-hybridized carbons (Fsp3) is 0.133. The predicted octanol–water partition coefficient (Wildman–Crippen LogP) is 4.08. The lowest BCUT2D eigenvalue weighted by Gasteiger charge is -2.11. The Labute approximate surface area is 121 Å². The molecule has 0 aliphatic carbocycles. The molecule has 3 nitrogen and oxygen atoms in total. The largest absolute Gasteiger partial charge is 0.387 e. The molecule has 0 aliphatic heterocycles. The number of benzene rings is 2. The van der Waals surface area contributed by atoms with Gasteiger partial charge in [-0.15, -0.1) is 0 Å². The number of amides is 1. The van der Waals surface area contributed by atoms with E-state index in [0.717, 1.165) is 0 Å². The summed E-state index contributed by atoms with van der Waals surface area (Å²) in [5.41, 5.74) is 1.99. The molecule has 2 aromatic rings. The predicted molar refractivity (Wildman–Crippen MR) is 80.1 cm³/mol. The van der Waals surface area contributed by atoms with Gasteiger partial charge in [-0.1, -0.05) is 17.7 Å². The van der Waals surface area contributed by atoms with Gasteiger partial charge in [0.25, 0.3) is 5.91 Å². The zero-order chi connectivity index (χ0) is 14.7. The van der Waals surface area contributed by atoms with Crippen LogP contribution in [0.25, 0.3) is 0 Å². The molecule has 0 spiro atoms. The Morgan fingerprint density at radius 3 is 2.60 bits per heavy atom. The number of carbonyl (C=O) groups excluding carboxylic acids is 1. The van der Waals surface area contributed by atoms with Gasteiger partial charge >= 0.3 is 0 Å². The van der Waals surface area contributed by atoms with E-state index in [1.807, 2.05) is 0 Å². The van der Waals surface area contributed by atoms with Gasteiger partial charge < -0.3 is 10.6 Å². The number of anilines is 2. The van der Waals surface area contributed by atoms with Crippen LogP contribution >= 0.6 is 11.6 Å². The summed E-state index contributed by atoms with van der Waals surface area (Å²) in [6.45, 7) is 1.66. The van der Waals surface area contributed by atoms with Crippen LogP contribution in [0.4, 0.5) is 15.8 Å². The van der Waals surface area contributed by atoms with Crippen molar-refractivity contribution in [1.29, 1.82) is 0 Å². The molecule has 1 amide bonds. The van der Waals surface area contributed by atoms with E-state index in [1.165, 1.54) is 6.07 Å². The molecule has 104 valence electrons. The van der Waals surface area contributed by atoms with E-state index in [9.17, 15) is 9.18 Å². The number of rotatable bonds is 3. The zero-order valence-electron chi connectivity index (χ0n) is 11.1. The first-order valence-corrected chi connectivity index (χ1v) is 6.44. The summed E-state index contributed by atoms with van der Waals surface area (Å²) in [6, 6.07) is 9.52. The van der Waals surface area contributed by atoms with E-state index >= 15 is 0 Å². The fourth-order valence-corrected chi connectivity index (χ4v) is 1.96. The first-order valence-electron chi connectivity index (χ1n) is 6.06. The van der Waals surface area contributed by atoms with Crippen molar-refractivity contribution in [3.05, 3.63) is 58.4 Å². The van der Waals surface area contributed by atoms with Crippen molar-refractivity contribution in [3.63, 3.8) is 0 Å². The molecule has 0 radical (unpaired) electrons. The molecule has 0 saturated carbocycles. The van der Waals surface area contributed by atoms with Crippen LogP contribution in [-0.2, 0) is 0 Å². The summed E-state index contributed by atoms with van der Waals surface area (Å²) in [4.78, 5) is 12.2. The maximum absolute atomic E-state index is 13.5. The Bertz CT molecular complexity index is 658. The van der Waals surface area contributed by atoms with Crippen molar-refractivity contribution in [2.24, 2.45) is 0 Å². The lowest BCUT2D eigenvalue weighted by Crippen LogP contribution is -2.14. The lowest BCUT2D eigenvalue weighted by molar-refractivity contribution is 0.102. The van der Waals surface area contributed by atoms with Crippen LogP contribution in [0.15, 0.2) is 36.4 Å². The number of hydrogen-bond donors (Lipinski definition) is 2. The SMILES string of the molecule is CNc1ccc(Cl)cc1C(=O)Nc1ccc(C)c(F)c1. The van der Waals surface area contributed by atoms with E-state index in [-0.39, 0.29) is 11.7 Å². The summed E-state index contributed by atoms with van der Waals surface area (Å²) in [6.07, 6.45) is 0. The third-order valence-electron chi connectivity index (χ3n) is 2.93. The van der Waals surface area contributed by atoms with E-state index in [0.29, 0.717) is 27.5 Å². The molecule has 2 rings (SSSR count). The molecular formula is C15H14ClFN2O. The first-order chi connectivity index (χ1) is 9.51. The summed E-state index contributed by atoms with van der Waals surface area (Å²) >= 11 is 5.90. The molecule has 0 saturated heterocycles. The number of halogens is 2. The molecule has 2 aromatic carbocycles. The highest BCUT2D eigenvalue weighted by molar-refractivity contribution is 6.31. The maximum Gasteiger partial charge on any atom is 0.257 e. The minimum atomic E-state index is -0.359. The third-order valence-corrected chi connectivity index (χ3v) is 3.16. The van der Waals surface area contributed by atoms with Crippen LogP contribution in [0.5, 0.6) is 0 Å². The summed E-state index contributed by atoms with van der Waals surface area (Å²) < 4.78 is 13.5.